The van der Waals surface area contributed by atoms with Crippen LogP contribution in [0.2, 0.25) is 0 Å². The number of hydrogen-bond donors (Lipinski definition) is 0. The summed E-state index contributed by atoms with van der Waals surface area (Å²) >= 11 is 0. The molecule has 296 valence electrons. The van der Waals surface area contributed by atoms with Crippen molar-refractivity contribution in [3.63, 3.8) is 0 Å². The monoisotopic (exact) mass is 730 g/mol. The molecule has 20 atom stereocenters. The van der Waals surface area contributed by atoms with Gasteiger partial charge in [0, 0.05) is 24.0 Å². The molecular formula is C48H75NO4. The summed E-state index contributed by atoms with van der Waals surface area (Å²) in [6.07, 6.45) is 41.8. The van der Waals surface area contributed by atoms with Crippen molar-refractivity contribution in [1.82, 2.24) is 4.90 Å². The Bertz CT molecular complexity index is 1300. The average molecular weight is 730 g/mol. The Morgan fingerprint density at radius 1 is 0.302 bits per heavy atom. The molecule has 12 fully saturated rings. The molecule has 5 nitrogen and oxygen atoms in total. The summed E-state index contributed by atoms with van der Waals surface area (Å²) in [6, 6.07) is 1.78. The summed E-state index contributed by atoms with van der Waals surface area (Å²) in [5, 5.41) is 0. The molecule has 53 heavy (non-hydrogen) atoms. The summed E-state index contributed by atoms with van der Waals surface area (Å²) in [5.74, 6) is 8.09. The maximum atomic E-state index is 8.00. The van der Waals surface area contributed by atoms with E-state index in [-0.39, 0.29) is 0 Å². The topological polar surface area (TPSA) is 40.2 Å². The SMILES string of the molecule is C1CCC(C2CCC(N(C3CCC4C(C3)OC3CCCCC34)C3CCCC4C5CCCCC5OC43)C3OC4C(CCC5OC6CCCCC6C54)C23)CC1. The van der Waals surface area contributed by atoms with Crippen molar-refractivity contribution in [1.29, 1.82) is 0 Å². The summed E-state index contributed by atoms with van der Waals surface area (Å²) < 4.78 is 29.6. The Kier molecular flexibility index (Phi) is 9.37. The van der Waals surface area contributed by atoms with Crippen molar-refractivity contribution < 1.29 is 18.9 Å². The van der Waals surface area contributed by atoms with Crippen LogP contribution in [0.3, 0.4) is 0 Å². The summed E-state index contributed by atoms with van der Waals surface area (Å²) in [5.41, 5.74) is 0. The van der Waals surface area contributed by atoms with E-state index in [9.17, 15) is 0 Å². The van der Waals surface area contributed by atoms with Crippen molar-refractivity contribution in [2.75, 3.05) is 0 Å². The predicted molar refractivity (Wildman–Crippen MR) is 207 cm³/mol. The van der Waals surface area contributed by atoms with Crippen LogP contribution in [0.4, 0.5) is 0 Å². The Labute approximate surface area is 322 Å². The molecule has 0 N–H and O–H groups in total. The van der Waals surface area contributed by atoms with Gasteiger partial charge in [0.1, 0.15) is 0 Å². The highest BCUT2D eigenvalue weighted by atomic mass is 16.5. The van der Waals surface area contributed by atoms with Crippen LogP contribution in [0, 0.1) is 59.2 Å². The fourth-order valence-corrected chi connectivity index (χ4v) is 18.0. The molecule has 4 aliphatic heterocycles. The van der Waals surface area contributed by atoms with Crippen LogP contribution in [0.25, 0.3) is 0 Å². The molecule has 4 saturated heterocycles. The molecule has 8 saturated carbocycles. The number of rotatable bonds is 4. The first-order chi connectivity index (χ1) is 26.3. The van der Waals surface area contributed by atoms with Crippen LogP contribution < -0.4 is 0 Å². The molecule has 4 heterocycles. The van der Waals surface area contributed by atoms with Gasteiger partial charge in [-0.25, -0.2) is 0 Å². The van der Waals surface area contributed by atoms with Gasteiger partial charge in [-0.3, -0.25) is 4.90 Å². The Morgan fingerprint density at radius 2 is 0.906 bits per heavy atom. The van der Waals surface area contributed by atoms with Crippen molar-refractivity contribution in [2.45, 2.75) is 240 Å². The van der Waals surface area contributed by atoms with E-state index >= 15 is 0 Å². The molecule has 5 heteroatoms. The van der Waals surface area contributed by atoms with Gasteiger partial charge in [0.25, 0.3) is 0 Å². The minimum atomic E-state index is 0.418. The van der Waals surface area contributed by atoms with Gasteiger partial charge in [0.2, 0.25) is 0 Å². The van der Waals surface area contributed by atoms with E-state index in [0.29, 0.717) is 72.9 Å². The highest BCUT2D eigenvalue weighted by molar-refractivity contribution is 5.13. The number of fused-ring (bicyclic) bond motifs is 13. The molecule has 12 aliphatic rings. The van der Waals surface area contributed by atoms with Gasteiger partial charge in [-0.1, -0.05) is 77.0 Å². The lowest BCUT2D eigenvalue weighted by molar-refractivity contribution is -0.139. The lowest BCUT2D eigenvalue weighted by Crippen LogP contribution is -2.63. The van der Waals surface area contributed by atoms with Crippen LogP contribution in [0.15, 0.2) is 0 Å². The standard InChI is InChI=1S/C48H75NO4/c1-2-11-28(12-3-1)30-23-25-38(48-44(30)36-24-26-42-45(47(36)53-48)35-15-6-9-20-41(35)50-42)49(29-21-22-33-31-13-4-7-18-39(31)51-43(33)27-29)37-17-10-16-34-32-14-5-8-19-40(32)52-46(34)37/h28-48H,1-27H2. The second-order valence-corrected chi connectivity index (χ2v) is 21.8. The third-order valence-electron chi connectivity index (χ3n) is 19.9. The minimum absolute atomic E-state index is 0.418. The van der Waals surface area contributed by atoms with Crippen LogP contribution >= 0.6 is 0 Å². The molecule has 0 aromatic rings. The lowest BCUT2D eigenvalue weighted by Gasteiger charge is -2.55. The van der Waals surface area contributed by atoms with Crippen molar-refractivity contribution in [3.8, 4) is 0 Å². The van der Waals surface area contributed by atoms with Gasteiger partial charge in [0.05, 0.1) is 48.8 Å². The lowest BCUT2D eigenvalue weighted by atomic mass is 9.58. The van der Waals surface area contributed by atoms with E-state index in [1.807, 2.05) is 0 Å². The number of ether oxygens (including phenoxy) is 4. The van der Waals surface area contributed by atoms with Crippen molar-refractivity contribution >= 4 is 0 Å². The second-order valence-electron chi connectivity index (χ2n) is 21.8. The van der Waals surface area contributed by atoms with Crippen LogP contribution in [-0.2, 0) is 18.9 Å². The quantitative estimate of drug-likeness (QED) is 0.288. The fourth-order valence-electron chi connectivity index (χ4n) is 18.0. The smallest absolute Gasteiger partial charge is 0.0768 e. The highest BCUT2D eigenvalue weighted by Crippen LogP contribution is 2.61. The number of nitrogens with zero attached hydrogens (tertiary/aromatic N) is 1. The molecule has 0 aromatic carbocycles. The van der Waals surface area contributed by atoms with E-state index in [0.717, 1.165) is 53.3 Å². The Morgan fingerprint density at radius 3 is 1.74 bits per heavy atom. The average Bonchev–Trinajstić information content (AvgIpc) is 3.98. The largest absolute Gasteiger partial charge is 0.374 e. The zero-order chi connectivity index (χ0) is 34.6. The van der Waals surface area contributed by atoms with Gasteiger partial charge in [-0.15, -0.1) is 0 Å². The van der Waals surface area contributed by atoms with E-state index in [2.05, 4.69) is 4.90 Å². The molecule has 0 amide bonds. The Hall–Kier alpha value is -0.200. The molecular weight excluding hydrogens is 655 g/mol. The zero-order valence-electron chi connectivity index (χ0n) is 33.3. The fraction of sp³-hybridized carbons (Fsp3) is 1.00. The molecule has 0 spiro atoms. The Balaban J connectivity index is 0.903. The predicted octanol–water partition coefficient (Wildman–Crippen LogP) is 10.3. The molecule has 12 rings (SSSR count). The van der Waals surface area contributed by atoms with E-state index in [1.54, 1.807) is 0 Å². The molecule has 0 aromatic heterocycles. The molecule has 0 radical (unpaired) electrons. The second kappa shape index (κ2) is 14.3. The van der Waals surface area contributed by atoms with Crippen molar-refractivity contribution in [3.05, 3.63) is 0 Å². The van der Waals surface area contributed by atoms with E-state index in [1.165, 1.54) is 173 Å². The van der Waals surface area contributed by atoms with Gasteiger partial charge in [0.15, 0.2) is 0 Å². The highest BCUT2D eigenvalue weighted by Gasteiger charge is 2.64. The van der Waals surface area contributed by atoms with Gasteiger partial charge in [-0.2, -0.15) is 0 Å². The third kappa shape index (κ3) is 5.72. The maximum absolute atomic E-state index is 8.00. The summed E-state index contributed by atoms with van der Waals surface area (Å²) in [7, 11) is 0. The number of hydrogen-bond acceptors (Lipinski definition) is 5. The normalized spacial score (nSPS) is 56.3. The molecule has 0 bridgehead atoms. The third-order valence-corrected chi connectivity index (χ3v) is 19.9. The van der Waals surface area contributed by atoms with Gasteiger partial charge >= 0.3 is 0 Å². The minimum Gasteiger partial charge on any atom is -0.374 e. The zero-order valence-corrected chi connectivity index (χ0v) is 33.3. The van der Waals surface area contributed by atoms with E-state index < -0.39 is 0 Å². The first-order valence-corrected chi connectivity index (χ1v) is 24.7. The molecule has 20 unspecified atom stereocenters. The first-order valence-electron chi connectivity index (χ1n) is 24.7. The van der Waals surface area contributed by atoms with Gasteiger partial charge in [-0.05, 0) is 150 Å². The van der Waals surface area contributed by atoms with E-state index in [4.69, 9.17) is 18.9 Å². The van der Waals surface area contributed by atoms with Crippen LogP contribution in [-0.4, -0.2) is 71.9 Å². The first kappa shape index (κ1) is 34.8. The van der Waals surface area contributed by atoms with Crippen LogP contribution in [0.1, 0.15) is 173 Å². The summed E-state index contributed by atoms with van der Waals surface area (Å²) in [4.78, 5) is 3.29. The van der Waals surface area contributed by atoms with Crippen molar-refractivity contribution in [2.24, 2.45) is 59.2 Å². The maximum Gasteiger partial charge on any atom is 0.0768 e. The van der Waals surface area contributed by atoms with Crippen LogP contribution in [0.5, 0.6) is 0 Å². The summed E-state index contributed by atoms with van der Waals surface area (Å²) in [6.45, 7) is 0. The molecule has 8 aliphatic carbocycles. The van der Waals surface area contributed by atoms with Gasteiger partial charge < -0.3 is 18.9 Å².